The number of nitrogens with one attached hydrogen (secondary N) is 1. The van der Waals surface area contributed by atoms with Crippen molar-refractivity contribution in [2.45, 2.75) is 6.42 Å². The van der Waals surface area contributed by atoms with Gasteiger partial charge in [0.05, 0.1) is 0 Å². The van der Waals surface area contributed by atoms with Gasteiger partial charge in [0.25, 0.3) is 0 Å². The summed E-state index contributed by atoms with van der Waals surface area (Å²) in [6.07, 6.45) is 0.569. The number of carbonyl (C=O) groups is 1. The summed E-state index contributed by atoms with van der Waals surface area (Å²) >= 11 is -0.0612. The van der Waals surface area contributed by atoms with Gasteiger partial charge in [0.1, 0.15) is 0 Å². The predicted octanol–water partition coefficient (Wildman–Crippen LogP) is -0.201. The molecule has 84 valence electrons. The van der Waals surface area contributed by atoms with Gasteiger partial charge in [0, 0.05) is 0 Å². The molecular formula is C10H11N3O2Se. The molecule has 16 heavy (non-hydrogen) atoms. The first kappa shape index (κ1) is 11.3. The fourth-order valence-corrected chi connectivity index (χ4v) is 2.39. The number of hydrogen-bond donors (Lipinski definition) is 2. The molecule has 0 aliphatic carbocycles. The van der Waals surface area contributed by atoms with Crippen molar-refractivity contribution < 1.29 is 9.90 Å². The second-order valence-corrected chi connectivity index (χ2v) is 4.41. The van der Waals surface area contributed by atoms with E-state index in [9.17, 15) is 4.79 Å². The number of aliphatic hydroxyl groups is 1. The van der Waals surface area contributed by atoms with Crippen LogP contribution < -0.4 is 5.32 Å². The Morgan fingerprint density at radius 1 is 1.38 bits per heavy atom. The van der Waals surface area contributed by atoms with Crippen molar-refractivity contribution in [1.29, 1.82) is 0 Å². The van der Waals surface area contributed by atoms with E-state index in [1.807, 2.05) is 6.07 Å². The topological polar surface area (TPSA) is 75.1 Å². The van der Waals surface area contributed by atoms with Gasteiger partial charge in [0.15, 0.2) is 0 Å². The van der Waals surface area contributed by atoms with Crippen molar-refractivity contribution in [2.24, 2.45) is 0 Å². The van der Waals surface area contributed by atoms with E-state index in [1.165, 1.54) is 0 Å². The first-order valence-electron chi connectivity index (χ1n) is 4.92. The van der Waals surface area contributed by atoms with Gasteiger partial charge in [-0.1, -0.05) is 0 Å². The van der Waals surface area contributed by atoms with E-state index in [2.05, 4.69) is 13.3 Å². The molecule has 1 amide bonds. The molecule has 0 spiro atoms. The van der Waals surface area contributed by atoms with Crippen LogP contribution in [0.4, 0.5) is 0 Å². The van der Waals surface area contributed by atoms with E-state index >= 15 is 0 Å². The first-order chi connectivity index (χ1) is 7.81. The van der Waals surface area contributed by atoms with E-state index in [-0.39, 0.29) is 27.5 Å². The number of rotatable bonds is 4. The van der Waals surface area contributed by atoms with E-state index < -0.39 is 0 Å². The summed E-state index contributed by atoms with van der Waals surface area (Å²) in [5.41, 5.74) is 2.26. The summed E-state index contributed by atoms with van der Waals surface area (Å²) in [5.74, 6) is -0.133. The molecule has 0 saturated carbocycles. The number of aromatic nitrogens is 2. The number of aliphatic hydroxyl groups excluding tert-OH is 1. The van der Waals surface area contributed by atoms with Gasteiger partial charge in [-0.05, 0) is 0 Å². The molecule has 1 aromatic heterocycles. The van der Waals surface area contributed by atoms with Crippen LogP contribution in [0.25, 0.3) is 11.0 Å². The normalized spacial score (nSPS) is 10.6. The maximum atomic E-state index is 11.7. The summed E-state index contributed by atoms with van der Waals surface area (Å²) < 4.78 is 8.42. The fraction of sp³-hybridized carbons (Fsp3) is 0.300. The Balaban J connectivity index is 2.10. The van der Waals surface area contributed by atoms with Crippen LogP contribution in [-0.4, -0.2) is 47.1 Å². The molecule has 1 aromatic carbocycles. The molecule has 0 radical (unpaired) electrons. The molecule has 6 heteroatoms. The zero-order valence-electron chi connectivity index (χ0n) is 8.51. The van der Waals surface area contributed by atoms with Crippen LogP contribution in [0.3, 0.4) is 0 Å². The maximum absolute atomic E-state index is 11.7. The monoisotopic (exact) mass is 285 g/mol. The molecule has 2 aromatic rings. The van der Waals surface area contributed by atoms with E-state index in [0.29, 0.717) is 18.5 Å². The Labute approximate surface area is 98.7 Å². The summed E-state index contributed by atoms with van der Waals surface area (Å²) in [5, 5.41) is 11.3. The van der Waals surface area contributed by atoms with Gasteiger partial charge in [-0.25, -0.2) is 0 Å². The van der Waals surface area contributed by atoms with E-state index in [1.54, 1.807) is 12.1 Å². The number of amides is 1. The zero-order valence-corrected chi connectivity index (χ0v) is 10.2. The summed E-state index contributed by atoms with van der Waals surface area (Å²) in [7, 11) is 0. The Morgan fingerprint density at radius 3 is 3.00 bits per heavy atom. The molecular weight excluding hydrogens is 273 g/mol. The van der Waals surface area contributed by atoms with E-state index in [4.69, 9.17) is 5.11 Å². The molecule has 2 rings (SSSR count). The molecule has 0 aliphatic rings. The predicted molar refractivity (Wildman–Crippen MR) is 60.5 cm³/mol. The molecule has 0 unspecified atom stereocenters. The average molecular weight is 284 g/mol. The van der Waals surface area contributed by atoms with Crippen LogP contribution in [0.1, 0.15) is 16.8 Å². The molecule has 2 N–H and O–H groups in total. The molecule has 0 saturated heterocycles. The van der Waals surface area contributed by atoms with Crippen molar-refractivity contribution >= 4 is 31.9 Å². The SMILES string of the molecule is O=C(NCCCO)c1ccc2n[se]nc2c1. The molecule has 1 heterocycles. The van der Waals surface area contributed by atoms with E-state index in [0.717, 1.165) is 11.0 Å². The Hall–Kier alpha value is -1.23. The quantitative estimate of drug-likeness (QED) is 0.602. The summed E-state index contributed by atoms with van der Waals surface area (Å²) in [4.78, 5) is 11.7. The third-order valence-electron chi connectivity index (χ3n) is 2.14. The fourth-order valence-electron chi connectivity index (χ4n) is 1.31. The Kier molecular flexibility index (Phi) is 3.66. The van der Waals surface area contributed by atoms with Gasteiger partial charge in [-0.15, -0.1) is 0 Å². The van der Waals surface area contributed by atoms with Crippen molar-refractivity contribution in [3.05, 3.63) is 23.8 Å². The third kappa shape index (κ3) is 2.47. The van der Waals surface area contributed by atoms with Crippen molar-refractivity contribution in [3.63, 3.8) is 0 Å². The minimum absolute atomic E-state index is 0.0612. The second kappa shape index (κ2) is 5.20. The standard InChI is InChI=1S/C10H11N3O2Se/c14-5-1-4-11-10(15)7-2-3-8-9(6-7)13-16-12-8/h2-3,6,14H,1,4-5H2,(H,11,15). The minimum atomic E-state index is -0.133. The van der Waals surface area contributed by atoms with Gasteiger partial charge in [-0.2, -0.15) is 0 Å². The van der Waals surface area contributed by atoms with Crippen LogP contribution in [-0.2, 0) is 0 Å². The first-order valence-corrected chi connectivity index (χ1v) is 6.46. The molecule has 0 aliphatic heterocycles. The van der Waals surface area contributed by atoms with Crippen LogP contribution in [0.2, 0.25) is 0 Å². The molecule has 0 atom stereocenters. The van der Waals surface area contributed by atoms with Gasteiger partial charge >= 0.3 is 98.4 Å². The number of nitrogens with zero attached hydrogens (tertiary/aromatic N) is 2. The molecule has 5 nitrogen and oxygen atoms in total. The molecule has 0 fully saturated rings. The van der Waals surface area contributed by atoms with Crippen LogP contribution in [0.5, 0.6) is 0 Å². The van der Waals surface area contributed by atoms with Crippen LogP contribution >= 0.6 is 0 Å². The summed E-state index contributed by atoms with van der Waals surface area (Å²) in [6.45, 7) is 0.569. The number of benzene rings is 1. The Morgan fingerprint density at radius 2 is 2.19 bits per heavy atom. The average Bonchev–Trinajstić information content (AvgIpc) is 2.76. The number of fused-ring (bicyclic) bond motifs is 1. The van der Waals surface area contributed by atoms with Gasteiger partial charge in [0.2, 0.25) is 0 Å². The summed E-state index contributed by atoms with van der Waals surface area (Å²) in [6, 6.07) is 5.31. The number of hydrogen-bond acceptors (Lipinski definition) is 4. The second-order valence-electron chi connectivity index (χ2n) is 3.30. The number of carbonyl (C=O) groups excluding carboxylic acids is 1. The van der Waals surface area contributed by atoms with Gasteiger partial charge < -0.3 is 0 Å². The zero-order chi connectivity index (χ0) is 11.4. The van der Waals surface area contributed by atoms with Crippen LogP contribution in [0.15, 0.2) is 18.2 Å². The molecule has 0 bridgehead atoms. The Bertz CT molecular complexity index is 498. The van der Waals surface area contributed by atoms with Crippen LogP contribution in [0, 0.1) is 0 Å². The third-order valence-corrected chi connectivity index (χ3v) is 3.30. The van der Waals surface area contributed by atoms with Crippen molar-refractivity contribution in [1.82, 2.24) is 13.3 Å². The van der Waals surface area contributed by atoms with Gasteiger partial charge in [-0.3, -0.25) is 0 Å². The van der Waals surface area contributed by atoms with Crippen molar-refractivity contribution in [3.8, 4) is 0 Å². The van der Waals surface area contributed by atoms with Crippen molar-refractivity contribution in [2.75, 3.05) is 13.2 Å².